The van der Waals surface area contributed by atoms with E-state index in [1.165, 1.54) is 18.4 Å². The molecule has 0 saturated heterocycles. The summed E-state index contributed by atoms with van der Waals surface area (Å²) in [6.45, 7) is -0.250. The van der Waals surface area contributed by atoms with E-state index in [0.717, 1.165) is 11.1 Å². The van der Waals surface area contributed by atoms with Crippen molar-refractivity contribution in [3.8, 4) is 0 Å². The van der Waals surface area contributed by atoms with Crippen LogP contribution in [-0.2, 0) is 19.1 Å². The number of ether oxygens (including phenoxy) is 1. The zero-order chi connectivity index (χ0) is 20.5. The third kappa shape index (κ3) is 5.14. The van der Waals surface area contributed by atoms with Crippen molar-refractivity contribution in [1.82, 2.24) is 0 Å². The van der Waals surface area contributed by atoms with E-state index in [-0.39, 0.29) is 24.6 Å². The van der Waals surface area contributed by atoms with Crippen LogP contribution in [0.25, 0.3) is 5.57 Å². The Morgan fingerprint density at radius 1 is 1.21 bits per heavy atom. The molecule has 0 saturated carbocycles. The van der Waals surface area contributed by atoms with Crippen molar-refractivity contribution in [1.29, 1.82) is 0 Å². The topological polar surface area (TPSA) is 110 Å². The number of benzene rings is 1. The summed E-state index contributed by atoms with van der Waals surface area (Å²) in [5.41, 5.74) is 2.87. The Labute approximate surface area is 165 Å². The van der Waals surface area contributed by atoms with Crippen LogP contribution in [0.5, 0.6) is 0 Å². The third-order valence-corrected chi connectivity index (χ3v) is 4.97. The van der Waals surface area contributed by atoms with E-state index in [0.29, 0.717) is 29.0 Å². The molecule has 1 aliphatic rings. The van der Waals surface area contributed by atoms with Crippen LogP contribution in [0, 0.1) is 0 Å². The smallest absolute Gasteiger partial charge is 0.350 e. The second-order valence-corrected chi connectivity index (χ2v) is 6.65. The van der Waals surface area contributed by atoms with Crippen molar-refractivity contribution < 1.29 is 29.0 Å². The van der Waals surface area contributed by atoms with Crippen molar-refractivity contribution in [3.05, 3.63) is 57.8 Å². The molecule has 0 unspecified atom stereocenters. The average Bonchev–Trinajstić information content (AvgIpc) is 3.29. The Morgan fingerprint density at radius 2 is 1.89 bits per heavy atom. The first-order chi connectivity index (χ1) is 13.5. The number of carbonyl (C=O) groups is 4. The Hall–Kier alpha value is -3.26. The molecular formula is C20H19NO6S. The molecule has 3 rings (SSSR count). The molecule has 8 heteroatoms. The fourth-order valence-corrected chi connectivity index (χ4v) is 3.65. The Kier molecular flexibility index (Phi) is 7.65. The van der Waals surface area contributed by atoms with E-state index in [1.807, 2.05) is 30.3 Å². The van der Waals surface area contributed by atoms with Crippen LogP contribution in [0.1, 0.15) is 34.5 Å². The number of carboxylic acid groups (broad SMARTS) is 1. The monoisotopic (exact) mass is 401 g/mol. The second kappa shape index (κ2) is 10.2. The van der Waals surface area contributed by atoms with Gasteiger partial charge in [-0.2, -0.15) is 0 Å². The number of amides is 1. The normalized spacial score (nSPS) is 12.8. The second-order valence-electron chi connectivity index (χ2n) is 5.73. The number of rotatable bonds is 5. The molecule has 2 aromatic rings. The molecule has 1 amide bonds. The van der Waals surface area contributed by atoms with E-state index in [4.69, 9.17) is 14.6 Å². The van der Waals surface area contributed by atoms with Crippen LogP contribution in [0.15, 0.2) is 47.4 Å². The first kappa shape index (κ1) is 21.0. The van der Waals surface area contributed by atoms with Crippen LogP contribution >= 0.6 is 11.3 Å². The number of methoxy groups -OCH3 is 1. The third-order valence-electron chi connectivity index (χ3n) is 4.07. The molecule has 0 bridgehead atoms. The van der Waals surface area contributed by atoms with E-state index in [1.54, 1.807) is 11.4 Å². The number of hydrogen-bond acceptors (Lipinski definition) is 6. The standard InChI is InChI=1S/C19H17NO4S.CH2O2/c1-24-19(23)18-15(9-10-25-18)20-17(22)11-14-13(7-8-16(14)21)12-5-3-2-4-6-12;2-1-3/h2-6,9-10H,7-8,11H2,1H3,(H,20,22);1H,(H,2,3). The molecule has 1 heterocycles. The predicted octanol–water partition coefficient (Wildman–Crippen LogP) is 3.38. The molecule has 0 atom stereocenters. The van der Waals surface area contributed by atoms with E-state index < -0.39 is 5.97 Å². The molecule has 1 aliphatic carbocycles. The van der Waals surface area contributed by atoms with Crippen molar-refractivity contribution in [2.75, 3.05) is 12.4 Å². The minimum atomic E-state index is -0.494. The van der Waals surface area contributed by atoms with Crippen LogP contribution in [0.2, 0.25) is 0 Å². The minimum Gasteiger partial charge on any atom is -0.483 e. The maximum absolute atomic E-state index is 12.4. The number of ketones is 1. The number of anilines is 1. The van der Waals surface area contributed by atoms with E-state index >= 15 is 0 Å². The van der Waals surface area contributed by atoms with E-state index in [9.17, 15) is 14.4 Å². The van der Waals surface area contributed by atoms with Gasteiger partial charge in [-0.3, -0.25) is 14.4 Å². The first-order valence-corrected chi connectivity index (χ1v) is 9.24. The van der Waals surface area contributed by atoms with E-state index in [2.05, 4.69) is 5.32 Å². The SMILES string of the molecule is COC(=O)c1sccc1NC(=O)CC1=C(c2ccccc2)CCC1=O.O=CO. The van der Waals surface area contributed by atoms with Crippen LogP contribution in [0.4, 0.5) is 5.69 Å². The predicted molar refractivity (Wildman–Crippen MR) is 105 cm³/mol. The Bertz CT molecular complexity index is 900. The summed E-state index contributed by atoms with van der Waals surface area (Å²) >= 11 is 1.20. The summed E-state index contributed by atoms with van der Waals surface area (Å²) < 4.78 is 4.70. The average molecular weight is 401 g/mol. The highest BCUT2D eigenvalue weighted by Gasteiger charge is 2.26. The number of hydrogen-bond donors (Lipinski definition) is 2. The number of thiophene rings is 1. The zero-order valence-electron chi connectivity index (χ0n) is 15.1. The lowest BCUT2D eigenvalue weighted by atomic mass is 10.00. The molecule has 0 aliphatic heterocycles. The fourth-order valence-electron chi connectivity index (χ4n) is 2.89. The molecule has 146 valence electrons. The van der Waals surface area contributed by atoms with Crippen molar-refractivity contribution in [2.45, 2.75) is 19.3 Å². The molecule has 1 aromatic carbocycles. The number of carbonyl (C=O) groups excluding carboxylic acids is 3. The number of allylic oxidation sites excluding steroid dienone is 1. The van der Waals surface area contributed by atoms with Gasteiger partial charge in [0.15, 0.2) is 5.78 Å². The number of nitrogens with one attached hydrogen (secondary N) is 1. The Morgan fingerprint density at radius 3 is 2.54 bits per heavy atom. The molecule has 7 nitrogen and oxygen atoms in total. The fraction of sp³-hybridized carbons (Fsp3) is 0.200. The van der Waals surface area contributed by atoms with Gasteiger partial charge in [0.2, 0.25) is 5.91 Å². The molecule has 28 heavy (non-hydrogen) atoms. The van der Waals surface area contributed by atoms with Crippen LogP contribution in [0.3, 0.4) is 0 Å². The van der Waals surface area contributed by atoms with Gasteiger partial charge in [-0.15, -0.1) is 11.3 Å². The quantitative estimate of drug-likeness (QED) is 0.587. The highest BCUT2D eigenvalue weighted by Crippen LogP contribution is 2.33. The van der Waals surface area contributed by atoms with Gasteiger partial charge in [-0.25, -0.2) is 4.79 Å². The van der Waals surface area contributed by atoms with Gasteiger partial charge in [0.1, 0.15) is 4.88 Å². The lowest BCUT2D eigenvalue weighted by molar-refractivity contribution is -0.123. The molecule has 1 aromatic heterocycles. The van der Waals surface area contributed by atoms with Gasteiger partial charge in [-0.1, -0.05) is 30.3 Å². The molecule has 0 radical (unpaired) electrons. The number of esters is 1. The first-order valence-electron chi connectivity index (χ1n) is 8.36. The van der Waals surface area contributed by atoms with Gasteiger partial charge in [0.25, 0.3) is 6.47 Å². The molecular weight excluding hydrogens is 382 g/mol. The highest BCUT2D eigenvalue weighted by atomic mass is 32.1. The van der Waals surface area contributed by atoms with Crippen molar-refractivity contribution in [3.63, 3.8) is 0 Å². The molecule has 2 N–H and O–H groups in total. The zero-order valence-corrected chi connectivity index (χ0v) is 16.0. The minimum absolute atomic E-state index is 0.000476. The summed E-state index contributed by atoms with van der Waals surface area (Å²) in [5.74, 6) is -0.804. The van der Waals surface area contributed by atoms with Gasteiger partial charge in [-0.05, 0) is 29.0 Å². The lowest BCUT2D eigenvalue weighted by Gasteiger charge is -2.08. The van der Waals surface area contributed by atoms with Crippen molar-refractivity contribution >= 4 is 46.7 Å². The lowest BCUT2D eigenvalue weighted by Crippen LogP contribution is -2.16. The van der Waals surface area contributed by atoms with Crippen LogP contribution < -0.4 is 5.32 Å². The van der Waals surface area contributed by atoms with Gasteiger partial charge < -0.3 is 15.2 Å². The molecule has 0 fully saturated rings. The summed E-state index contributed by atoms with van der Waals surface area (Å²) in [5, 5.41) is 11.3. The summed E-state index contributed by atoms with van der Waals surface area (Å²) in [6, 6.07) is 11.3. The summed E-state index contributed by atoms with van der Waals surface area (Å²) in [6.07, 6.45) is 1.08. The summed E-state index contributed by atoms with van der Waals surface area (Å²) in [7, 11) is 1.29. The van der Waals surface area contributed by atoms with Crippen LogP contribution in [-0.4, -0.2) is 36.3 Å². The Balaban J connectivity index is 0.000000878. The van der Waals surface area contributed by atoms with Gasteiger partial charge >= 0.3 is 5.97 Å². The summed E-state index contributed by atoms with van der Waals surface area (Å²) in [4.78, 5) is 45.0. The van der Waals surface area contributed by atoms with Gasteiger partial charge in [0.05, 0.1) is 19.2 Å². The largest absolute Gasteiger partial charge is 0.483 e. The maximum atomic E-state index is 12.4. The van der Waals surface area contributed by atoms with Crippen molar-refractivity contribution in [2.24, 2.45) is 0 Å². The number of Topliss-reactive ketones (excluding diaryl/α,β-unsaturated/α-hetero) is 1. The van der Waals surface area contributed by atoms with Gasteiger partial charge in [0, 0.05) is 12.0 Å². The highest BCUT2D eigenvalue weighted by molar-refractivity contribution is 7.12. The molecule has 0 spiro atoms. The maximum Gasteiger partial charge on any atom is 0.350 e.